The van der Waals surface area contributed by atoms with Gasteiger partial charge in [0, 0.05) is 38.2 Å². The van der Waals surface area contributed by atoms with Crippen molar-refractivity contribution in [2.24, 2.45) is 0 Å². The largest absolute Gasteiger partial charge is 0.391 e. The highest BCUT2D eigenvalue weighted by molar-refractivity contribution is 7.10. The van der Waals surface area contributed by atoms with Gasteiger partial charge in [0.15, 0.2) is 0 Å². The third-order valence-corrected chi connectivity index (χ3v) is 7.19. The predicted molar refractivity (Wildman–Crippen MR) is 128 cm³/mol. The highest BCUT2D eigenvalue weighted by atomic mass is 35.5. The van der Waals surface area contributed by atoms with Gasteiger partial charge in [-0.25, -0.2) is 4.98 Å². The average Bonchev–Trinajstić information content (AvgIpc) is 3.64. The maximum Gasteiger partial charge on any atom is 0.252 e. The van der Waals surface area contributed by atoms with Crippen LogP contribution in [0, 0.1) is 0 Å². The zero-order valence-corrected chi connectivity index (χ0v) is 19.3. The Kier molecular flexibility index (Phi) is 5.13. The minimum absolute atomic E-state index is 0.0150. The van der Waals surface area contributed by atoms with Crippen LogP contribution in [-0.2, 0) is 13.0 Å². The van der Waals surface area contributed by atoms with E-state index in [0.717, 1.165) is 57.3 Å². The number of aryl methyl sites for hydroxylation is 1. The van der Waals surface area contributed by atoms with E-state index < -0.39 is 0 Å². The van der Waals surface area contributed by atoms with Crippen LogP contribution in [0.15, 0.2) is 59.1 Å². The third kappa shape index (κ3) is 3.56. The number of H-pyrrole nitrogens is 1. The summed E-state index contributed by atoms with van der Waals surface area (Å²) in [5.74, 6) is 0.748. The van der Waals surface area contributed by atoms with Gasteiger partial charge in [0.05, 0.1) is 30.2 Å². The van der Waals surface area contributed by atoms with Gasteiger partial charge in [0.25, 0.3) is 5.56 Å². The molecule has 0 saturated heterocycles. The topological polar surface area (TPSA) is 115 Å². The SMILES string of the molecule is O=c1cc(-c2cc(Cl)ccc2-n2cnnn2)cc2n1C(c1ncc(-c3csc(CO)c3)[nH]1)CC2. The number of nitrogens with zero attached hydrogens (tertiary/aromatic N) is 6. The minimum Gasteiger partial charge on any atom is -0.391 e. The highest BCUT2D eigenvalue weighted by Gasteiger charge is 2.28. The number of benzene rings is 1. The number of fused-ring (bicyclic) bond motifs is 1. The van der Waals surface area contributed by atoms with Crippen molar-refractivity contribution >= 4 is 22.9 Å². The number of aliphatic hydroxyl groups excluding tert-OH is 1. The molecule has 0 bridgehead atoms. The van der Waals surface area contributed by atoms with Crippen molar-refractivity contribution in [2.45, 2.75) is 25.5 Å². The van der Waals surface area contributed by atoms with Crippen LogP contribution in [0.1, 0.15) is 28.9 Å². The van der Waals surface area contributed by atoms with E-state index in [1.165, 1.54) is 17.7 Å². The first kappa shape index (κ1) is 21.0. The van der Waals surface area contributed by atoms with E-state index in [-0.39, 0.29) is 18.2 Å². The second kappa shape index (κ2) is 8.32. The number of aromatic amines is 1. The number of hydrogen-bond acceptors (Lipinski definition) is 7. The lowest BCUT2D eigenvalue weighted by atomic mass is 10.0. The van der Waals surface area contributed by atoms with E-state index >= 15 is 0 Å². The van der Waals surface area contributed by atoms with Gasteiger partial charge in [-0.3, -0.25) is 4.79 Å². The summed E-state index contributed by atoms with van der Waals surface area (Å²) in [6.45, 7) is 0.0150. The summed E-state index contributed by atoms with van der Waals surface area (Å²) in [6, 6.07) is 10.8. The molecule has 5 aromatic rings. The quantitative estimate of drug-likeness (QED) is 0.388. The summed E-state index contributed by atoms with van der Waals surface area (Å²) in [5.41, 5.74) is 4.96. The molecule has 1 aliphatic rings. The Labute approximate surface area is 202 Å². The van der Waals surface area contributed by atoms with Crippen LogP contribution >= 0.6 is 22.9 Å². The van der Waals surface area contributed by atoms with Crippen molar-refractivity contribution in [1.29, 1.82) is 0 Å². The van der Waals surface area contributed by atoms with Crippen molar-refractivity contribution in [3.8, 4) is 28.1 Å². The lowest BCUT2D eigenvalue weighted by Crippen LogP contribution is -2.23. The molecule has 5 heterocycles. The van der Waals surface area contributed by atoms with Gasteiger partial charge in [0.1, 0.15) is 12.2 Å². The summed E-state index contributed by atoms with van der Waals surface area (Å²) in [4.78, 5) is 22.1. The molecule has 0 spiro atoms. The van der Waals surface area contributed by atoms with Crippen LogP contribution in [0.5, 0.6) is 0 Å². The maximum atomic E-state index is 13.3. The number of halogens is 1. The molecule has 1 aliphatic heterocycles. The van der Waals surface area contributed by atoms with Crippen LogP contribution < -0.4 is 5.56 Å². The third-order valence-electron chi connectivity index (χ3n) is 6.03. The smallest absolute Gasteiger partial charge is 0.252 e. The Morgan fingerprint density at radius 2 is 2.12 bits per heavy atom. The molecule has 6 rings (SSSR count). The number of nitrogens with one attached hydrogen (secondary N) is 1. The molecule has 2 N–H and O–H groups in total. The Balaban J connectivity index is 1.38. The number of tetrazole rings is 1. The monoisotopic (exact) mass is 491 g/mol. The highest BCUT2D eigenvalue weighted by Crippen LogP contribution is 2.34. The molecule has 1 atom stereocenters. The Hall–Kier alpha value is -3.60. The lowest BCUT2D eigenvalue weighted by Gasteiger charge is -2.15. The molecule has 4 aromatic heterocycles. The van der Waals surface area contributed by atoms with Gasteiger partial charge in [-0.2, -0.15) is 4.68 Å². The molecule has 170 valence electrons. The molecule has 0 saturated carbocycles. The Bertz CT molecular complexity index is 1550. The van der Waals surface area contributed by atoms with E-state index in [4.69, 9.17) is 11.6 Å². The molecule has 34 heavy (non-hydrogen) atoms. The van der Waals surface area contributed by atoms with Crippen LogP contribution in [0.25, 0.3) is 28.1 Å². The van der Waals surface area contributed by atoms with Crippen molar-refractivity contribution in [3.63, 3.8) is 0 Å². The number of thiophene rings is 1. The zero-order valence-electron chi connectivity index (χ0n) is 17.7. The first-order valence-corrected chi connectivity index (χ1v) is 11.9. The minimum atomic E-state index is -0.167. The van der Waals surface area contributed by atoms with Gasteiger partial charge < -0.3 is 14.7 Å². The summed E-state index contributed by atoms with van der Waals surface area (Å²) < 4.78 is 3.36. The molecule has 0 aliphatic carbocycles. The summed E-state index contributed by atoms with van der Waals surface area (Å²) in [6.07, 6.45) is 4.80. The molecule has 1 unspecified atom stereocenters. The van der Waals surface area contributed by atoms with Gasteiger partial charge in [-0.05, 0) is 59.2 Å². The standard InChI is InChI=1S/C23H18ClN7O2S/c24-15-1-3-20(30-12-26-28-29-30)18(8-15)13-5-16-2-4-21(31(16)22(33)7-13)23-25-9-19(27-23)14-6-17(10-32)34-11-14/h1,3,5-9,11-12,21,32H,2,4,10H2,(H,25,27). The molecule has 0 amide bonds. The normalized spacial score (nSPS) is 15.1. The fraction of sp³-hybridized carbons (Fsp3) is 0.174. The Morgan fingerprint density at radius 1 is 1.21 bits per heavy atom. The van der Waals surface area contributed by atoms with Crippen LogP contribution in [0.2, 0.25) is 5.02 Å². The van der Waals surface area contributed by atoms with E-state index in [1.54, 1.807) is 27.6 Å². The van der Waals surface area contributed by atoms with Crippen LogP contribution in [0.4, 0.5) is 0 Å². The zero-order chi connectivity index (χ0) is 23.2. The van der Waals surface area contributed by atoms with Gasteiger partial charge >= 0.3 is 0 Å². The fourth-order valence-corrected chi connectivity index (χ4v) is 5.39. The van der Waals surface area contributed by atoms with Gasteiger partial charge in [-0.1, -0.05) is 11.6 Å². The number of hydrogen-bond donors (Lipinski definition) is 2. The summed E-state index contributed by atoms with van der Waals surface area (Å²) in [5, 5.41) is 23.3. The average molecular weight is 492 g/mol. The molecule has 0 radical (unpaired) electrons. The first-order chi connectivity index (χ1) is 16.6. The van der Waals surface area contributed by atoms with Gasteiger partial charge in [0.2, 0.25) is 0 Å². The lowest BCUT2D eigenvalue weighted by molar-refractivity contribution is 0.285. The van der Waals surface area contributed by atoms with Crippen LogP contribution in [-0.4, -0.2) is 39.8 Å². The van der Waals surface area contributed by atoms with E-state index in [0.29, 0.717) is 5.02 Å². The van der Waals surface area contributed by atoms with E-state index in [9.17, 15) is 9.90 Å². The second-order valence-electron chi connectivity index (χ2n) is 8.06. The second-order valence-corrected chi connectivity index (χ2v) is 9.49. The van der Waals surface area contributed by atoms with E-state index in [1.807, 2.05) is 29.6 Å². The molecular formula is C23H18ClN7O2S. The van der Waals surface area contributed by atoms with E-state index in [2.05, 4.69) is 25.5 Å². The molecular weight excluding hydrogens is 474 g/mol. The van der Waals surface area contributed by atoms with Crippen LogP contribution in [0.3, 0.4) is 0 Å². The van der Waals surface area contributed by atoms with Crippen molar-refractivity contribution in [1.82, 2.24) is 34.7 Å². The number of aromatic nitrogens is 7. The summed E-state index contributed by atoms with van der Waals surface area (Å²) >= 11 is 7.78. The Morgan fingerprint density at radius 3 is 2.91 bits per heavy atom. The molecule has 11 heteroatoms. The number of rotatable bonds is 5. The number of imidazole rings is 1. The number of pyridine rings is 1. The van der Waals surface area contributed by atoms with Gasteiger partial charge in [-0.15, -0.1) is 16.4 Å². The first-order valence-electron chi connectivity index (χ1n) is 10.6. The molecule has 9 nitrogen and oxygen atoms in total. The fourth-order valence-electron chi connectivity index (χ4n) is 4.48. The number of aliphatic hydroxyl groups is 1. The maximum absolute atomic E-state index is 13.3. The van der Waals surface area contributed by atoms with Crippen molar-refractivity contribution < 1.29 is 5.11 Å². The van der Waals surface area contributed by atoms with Crippen molar-refractivity contribution in [2.75, 3.05) is 0 Å². The summed E-state index contributed by atoms with van der Waals surface area (Å²) in [7, 11) is 0. The molecule has 0 fully saturated rings. The molecule has 1 aromatic carbocycles. The predicted octanol–water partition coefficient (Wildman–Crippen LogP) is 3.62. The van der Waals surface area contributed by atoms with Crippen molar-refractivity contribution in [3.05, 3.63) is 86.1 Å².